The summed E-state index contributed by atoms with van der Waals surface area (Å²) in [6.07, 6.45) is 2.16. The smallest absolute Gasteiger partial charge is 0.413 e. The first kappa shape index (κ1) is 12.4. The van der Waals surface area contributed by atoms with E-state index in [9.17, 15) is 14.9 Å². The maximum absolute atomic E-state index is 11.1. The molecule has 0 fully saturated rings. The van der Waals surface area contributed by atoms with E-state index in [1.165, 1.54) is 0 Å². The number of hydrogen-bond donors (Lipinski definition) is 1. The first-order chi connectivity index (χ1) is 7.63. The number of rotatable bonds is 5. The Hall–Kier alpha value is -1.70. The molecule has 0 aromatic carbocycles. The number of nitrogens with one attached hydrogen (secondary N) is 1. The Bertz CT molecular complexity index is 379. The van der Waals surface area contributed by atoms with Gasteiger partial charge in [0.25, 0.3) is 0 Å². The van der Waals surface area contributed by atoms with Gasteiger partial charge in [0.15, 0.2) is 5.13 Å². The van der Waals surface area contributed by atoms with Crippen molar-refractivity contribution < 1.29 is 14.5 Å². The molecule has 16 heavy (non-hydrogen) atoms. The SMILES string of the molecule is CCCCOC(=O)Nc1ncc([N+](=O)[O-])s1. The van der Waals surface area contributed by atoms with Crippen molar-refractivity contribution in [2.75, 3.05) is 11.9 Å². The molecule has 0 aliphatic rings. The summed E-state index contributed by atoms with van der Waals surface area (Å²) in [5, 5.41) is 12.7. The first-order valence-electron chi connectivity index (χ1n) is 4.67. The standard InChI is InChI=1S/C8H11N3O4S/c1-2-3-4-15-8(12)10-7-9-5-6(16-7)11(13)14/h5H,2-4H2,1H3,(H,9,10,12). The maximum Gasteiger partial charge on any atom is 0.413 e. The number of aromatic nitrogens is 1. The molecule has 1 aromatic heterocycles. The lowest BCUT2D eigenvalue weighted by Crippen LogP contribution is -2.13. The number of nitrogens with zero attached hydrogens (tertiary/aromatic N) is 2. The van der Waals surface area contributed by atoms with Crippen molar-refractivity contribution in [3.8, 4) is 0 Å². The van der Waals surface area contributed by atoms with Gasteiger partial charge in [-0.25, -0.2) is 9.78 Å². The van der Waals surface area contributed by atoms with Crippen molar-refractivity contribution in [3.63, 3.8) is 0 Å². The van der Waals surface area contributed by atoms with Crippen LogP contribution in [0.25, 0.3) is 0 Å². The van der Waals surface area contributed by atoms with Crippen LogP contribution in [-0.2, 0) is 4.74 Å². The van der Waals surface area contributed by atoms with E-state index in [0.717, 1.165) is 30.4 Å². The third kappa shape index (κ3) is 3.81. The number of nitro groups is 1. The van der Waals surface area contributed by atoms with Gasteiger partial charge in [0, 0.05) is 0 Å². The summed E-state index contributed by atoms with van der Waals surface area (Å²) in [6, 6.07) is 0. The second-order valence-electron chi connectivity index (χ2n) is 2.88. The maximum atomic E-state index is 11.1. The molecular formula is C8H11N3O4S. The second kappa shape index (κ2) is 6.01. The van der Waals surface area contributed by atoms with E-state index < -0.39 is 11.0 Å². The molecule has 88 valence electrons. The van der Waals surface area contributed by atoms with Crippen LogP contribution in [0.3, 0.4) is 0 Å². The second-order valence-corrected chi connectivity index (χ2v) is 3.88. The minimum atomic E-state index is -0.641. The normalized spacial score (nSPS) is 9.81. The highest BCUT2D eigenvalue weighted by molar-refractivity contribution is 7.18. The number of hydrogen-bond acceptors (Lipinski definition) is 6. The van der Waals surface area contributed by atoms with Gasteiger partial charge in [-0.2, -0.15) is 0 Å². The molecule has 1 N–H and O–H groups in total. The lowest BCUT2D eigenvalue weighted by atomic mass is 10.4. The van der Waals surface area contributed by atoms with Crippen LogP contribution in [0.2, 0.25) is 0 Å². The van der Waals surface area contributed by atoms with E-state index >= 15 is 0 Å². The monoisotopic (exact) mass is 245 g/mol. The van der Waals surface area contributed by atoms with E-state index in [1.54, 1.807) is 0 Å². The van der Waals surface area contributed by atoms with Gasteiger partial charge in [0.1, 0.15) is 6.20 Å². The minimum absolute atomic E-state index is 0.121. The topological polar surface area (TPSA) is 94.4 Å². The molecule has 1 rings (SSSR count). The number of ether oxygens (including phenoxy) is 1. The van der Waals surface area contributed by atoms with Gasteiger partial charge in [-0.1, -0.05) is 13.3 Å². The Morgan fingerprint density at radius 3 is 3.06 bits per heavy atom. The van der Waals surface area contributed by atoms with Gasteiger partial charge in [-0.3, -0.25) is 15.4 Å². The Morgan fingerprint density at radius 2 is 2.50 bits per heavy atom. The van der Waals surface area contributed by atoms with Gasteiger partial charge in [-0.15, -0.1) is 0 Å². The van der Waals surface area contributed by atoms with Crippen molar-refractivity contribution in [2.24, 2.45) is 0 Å². The van der Waals surface area contributed by atoms with Gasteiger partial charge in [0.2, 0.25) is 0 Å². The predicted octanol–water partition coefficient (Wildman–Crippen LogP) is 2.40. The molecule has 0 saturated carbocycles. The van der Waals surface area contributed by atoms with Gasteiger partial charge in [0.05, 0.1) is 11.5 Å². The summed E-state index contributed by atoms with van der Waals surface area (Å²) in [5.41, 5.74) is 0. The molecule has 8 heteroatoms. The van der Waals surface area contributed by atoms with E-state index in [2.05, 4.69) is 10.3 Å². The lowest BCUT2D eigenvalue weighted by molar-refractivity contribution is -0.380. The van der Waals surface area contributed by atoms with Gasteiger partial charge < -0.3 is 4.74 Å². The van der Waals surface area contributed by atoms with Crippen LogP contribution in [0, 0.1) is 10.1 Å². The molecule has 0 saturated heterocycles. The van der Waals surface area contributed by atoms with Crippen LogP contribution < -0.4 is 5.32 Å². The number of amides is 1. The van der Waals surface area contributed by atoms with Crippen LogP contribution in [0.4, 0.5) is 14.9 Å². The summed E-state index contributed by atoms with van der Waals surface area (Å²) in [4.78, 5) is 24.6. The fraction of sp³-hybridized carbons (Fsp3) is 0.500. The highest BCUT2D eigenvalue weighted by Crippen LogP contribution is 2.24. The molecule has 0 aliphatic heterocycles. The van der Waals surface area contributed by atoms with E-state index in [1.807, 2.05) is 6.92 Å². The number of unbranched alkanes of at least 4 members (excludes halogenated alkanes) is 1. The third-order valence-electron chi connectivity index (χ3n) is 1.61. The number of anilines is 1. The fourth-order valence-corrected chi connectivity index (χ4v) is 1.46. The Balaban J connectivity index is 2.40. The Labute approximate surface area is 95.6 Å². The summed E-state index contributed by atoms with van der Waals surface area (Å²) in [7, 11) is 0. The van der Waals surface area contributed by atoms with Crippen molar-refractivity contribution in [3.05, 3.63) is 16.3 Å². The molecule has 0 unspecified atom stereocenters. The van der Waals surface area contributed by atoms with Gasteiger partial charge in [-0.05, 0) is 17.8 Å². The summed E-state index contributed by atoms with van der Waals surface area (Å²) in [6.45, 7) is 2.31. The van der Waals surface area contributed by atoms with Crippen molar-refractivity contribution in [2.45, 2.75) is 19.8 Å². The number of carbonyl (C=O) groups is 1. The van der Waals surface area contributed by atoms with Crippen LogP contribution in [-0.4, -0.2) is 22.6 Å². The molecule has 0 aliphatic carbocycles. The van der Waals surface area contributed by atoms with E-state index in [4.69, 9.17) is 4.74 Å². The molecule has 1 aromatic rings. The highest BCUT2D eigenvalue weighted by atomic mass is 32.1. The Morgan fingerprint density at radius 1 is 1.75 bits per heavy atom. The zero-order valence-electron chi connectivity index (χ0n) is 8.63. The largest absolute Gasteiger partial charge is 0.449 e. The van der Waals surface area contributed by atoms with Crippen LogP contribution in [0.15, 0.2) is 6.20 Å². The van der Waals surface area contributed by atoms with Crippen LogP contribution >= 0.6 is 11.3 Å². The zero-order valence-corrected chi connectivity index (χ0v) is 9.45. The quantitative estimate of drug-likeness (QED) is 0.488. The van der Waals surface area contributed by atoms with Crippen LogP contribution in [0.1, 0.15) is 19.8 Å². The fourth-order valence-electron chi connectivity index (χ4n) is 0.840. The summed E-state index contributed by atoms with van der Waals surface area (Å²) < 4.78 is 4.80. The first-order valence-corrected chi connectivity index (χ1v) is 5.49. The molecule has 0 spiro atoms. The minimum Gasteiger partial charge on any atom is -0.449 e. The summed E-state index contributed by atoms with van der Waals surface area (Å²) in [5.74, 6) is 0. The average Bonchev–Trinajstić information content (AvgIpc) is 2.66. The van der Waals surface area contributed by atoms with E-state index in [0.29, 0.717) is 6.61 Å². The molecule has 1 amide bonds. The van der Waals surface area contributed by atoms with Crippen molar-refractivity contribution >= 4 is 27.6 Å². The molecule has 7 nitrogen and oxygen atoms in total. The number of thiazole rings is 1. The highest BCUT2D eigenvalue weighted by Gasteiger charge is 2.13. The third-order valence-corrected chi connectivity index (χ3v) is 2.48. The lowest BCUT2D eigenvalue weighted by Gasteiger charge is -2.02. The van der Waals surface area contributed by atoms with E-state index in [-0.39, 0.29) is 10.1 Å². The molecule has 1 heterocycles. The predicted molar refractivity (Wildman–Crippen MR) is 58.6 cm³/mol. The van der Waals surface area contributed by atoms with Crippen molar-refractivity contribution in [1.82, 2.24) is 4.98 Å². The zero-order chi connectivity index (χ0) is 12.0. The van der Waals surface area contributed by atoms with Crippen LogP contribution in [0.5, 0.6) is 0 Å². The summed E-state index contributed by atoms with van der Waals surface area (Å²) >= 11 is 0.786. The molecule has 0 radical (unpaired) electrons. The number of carbonyl (C=O) groups excluding carboxylic acids is 1. The van der Waals surface area contributed by atoms with Gasteiger partial charge >= 0.3 is 11.1 Å². The van der Waals surface area contributed by atoms with Crippen molar-refractivity contribution in [1.29, 1.82) is 0 Å². The molecular weight excluding hydrogens is 234 g/mol. The molecule has 0 bridgehead atoms. The Kier molecular flexibility index (Phi) is 4.65. The molecule has 0 atom stereocenters. The average molecular weight is 245 g/mol.